The third-order valence-electron chi connectivity index (χ3n) is 2.33. The maximum atomic E-state index is 6.86. The predicted octanol–water partition coefficient (Wildman–Crippen LogP) is 0.541. The molecule has 1 aliphatic heterocycles. The minimum Gasteiger partial charge on any atom is -0.346 e. The molecule has 1 atom stereocenters. The number of nitrogens with two attached hydrogens (primary N) is 1. The summed E-state index contributed by atoms with van der Waals surface area (Å²) >= 11 is 1.52. The zero-order valence-electron chi connectivity index (χ0n) is 8.31. The van der Waals surface area contributed by atoms with Crippen LogP contribution in [0.25, 0.3) is 0 Å². The van der Waals surface area contributed by atoms with Gasteiger partial charge in [0, 0.05) is 32.4 Å². The van der Waals surface area contributed by atoms with Crippen LogP contribution in [0.1, 0.15) is 11.0 Å². The quantitative estimate of drug-likeness (QED) is 0.656. The second-order valence-corrected chi connectivity index (χ2v) is 4.40. The average Bonchev–Trinajstić information content (AvgIpc) is 2.78. The lowest BCUT2D eigenvalue weighted by molar-refractivity contribution is 0.588. The van der Waals surface area contributed by atoms with Crippen molar-refractivity contribution in [3.63, 3.8) is 0 Å². The van der Waals surface area contributed by atoms with Crippen LogP contribution in [-0.2, 0) is 0 Å². The molecule has 0 radical (unpaired) electrons. The summed E-state index contributed by atoms with van der Waals surface area (Å²) in [5.74, 6) is 0. The van der Waals surface area contributed by atoms with Crippen LogP contribution in [0.3, 0.4) is 0 Å². The van der Waals surface area contributed by atoms with Crippen LogP contribution in [-0.4, -0.2) is 31.2 Å². The zero-order chi connectivity index (χ0) is 10.7. The first-order valence-corrected chi connectivity index (χ1v) is 5.66. The van der Waals surface area contributed by atoms with E-state index in [9.17, 15) is 0 Å². The second kappa shape index (κ2) is 4.65. The number of thiazole rings is 1. The van der Waals surface area contributed by atoms with Crippen LogP contribution in [0.15, 0.2) is 11.3 Å². The van der Waals surface area contributed by atoms with Gasteiger partial charge in [0.25, 0.3) is 0 Å². The van der Waals surface area contributed by atoms with Gasteiger partial charge in [-0.05, 0) is 0 Å². The van der Waals surface area contributed by atoms with E-state index >= 15 is 0 Å². The molecule has 6 nitrogen and oxygen atoms in total. The van der Waals surface area contributed by atoms with E-state index in [0.717, 1.165) is 36.2 Å². The molecule has 2 heterocycles. The Hall–Kier alpha value is -1.05. The lowest BCUT2D eigenvalue weighted by Gasteiger charge is -2.26. The molecule has 1 unspecified atom stereocenters. The highest BCUT2D eigenvalue weighted by Crippen LogP contribution is 2.26. The van der Waals surface area contributed by atoms with Crippen LogP contribution in [0.2, 0.25) is 0 Å². The molecule has 82 valence electrons. The lowest BCUT2D eigenvalue weighted by atomic mass is 10.4. The minimum atomic E-state index is -0.556. The number of hydrogen-bond acceptors (Lipinski definition) is 7. The monoisotopic (exact) mass is 226 g/mol. The normalized spacial score (nSPS) is 18.9. The first-order valence-electron chi connectivity index (χ1n) is 4.85. The molecule has 4 N–H and O–H groups in total. The molecule has 0 aromatic carbocycles. The van der Waals surface area contributed by atoms with Crippen molar-refractivity contribution in [3.8, 4) is 0 Å². The number of aromatic nitrogens is 1. The van der Waals surface area contributed by atoms with Crippen molar-refractivity contribution in [1.29, 1.82) is 5.53 Å². The Bertz CT molecular complexity index is 332. The molecule has 1 fully saturated rings. The highest BCUT2D eigenvalue weighted by molar-refractivity contribution is 7.15. The van der Waals surface area contributed by atoms with E-state index in [1.807, 2.05) is 0 Å². The van der Waals surface area contributed by atoms with Gasteiger partial charge >= 0.3 is 0 Å². The van der Waals surface area contributed by atoms with Crippen molar-refractivity contribution in [2.24, 2.45) is 10.8 Å². The molecule has 1 saturated heterocycles. The molecule has 0 amide bonds. The van der Waals surface area contributed by atoms with E-state index in [1.54, 1.807) is 6.20 Å². The van der Waals surface area contributed by atoms with E-state index in [2.05, 4.69) is 20.3 Å². The van der Waals surface area contributed by atoms with E-state index in [1.165, 1.54) is 11.3 Å². The number of nitrogens with zero attached hydrogens (tertiary/aromatic N) is 3. The van der Waals surface area contributed by atoms with Gasteiger partial charge in [-0.3, -0.25) is 0 Å². The van der Waals surface area contributed by atoms with E-state index in [0.29, 0.717) is 0 Å². The molecular weight excluding hydrogens is 212 g/mol. The third kappa shape index (κ3) is 2.31. The fourth-order valence-corrected chi connectivity index (χ4v) is 2.39. The van der Waals surface area contributed by atoms with Gasteiger partial charge in [0.15, 0.2) is 11.3 Å². The van der Waals surface area contributed by atoms with Gasteiger partial charge in [0.1, 0.15) is 0 Å². The van der Waals surface area contributed by atoms with Crippen molar-refractivity contribution >= 4 is 16.5 Å². The summed E-state index contributed by atoms with van der Waals surface area (Å²) in [4.78, 5) is 7.37. The first-order chi connectivity index (χ1) is 7.31. The van der Waals surface area contributed by atoms with Gasteiger partial charge in [-0.1, -0.05) is 11.3 Å². The second-order valence-electron chi connectivity index (χ2n) is 3.36. The van der Waals surface area contributed by atoms with Crippen molar-refractivity contribution < 1.29 is 0 Å². The highest BCUT2D eigenvalue weighted by atomic mass is 32.1. The number of piperazine rings is 1. The SMILES string of the molecule is N=NC(N)c1cnc(N2CCNCC2)s1. The number of nitrogens with one attached hydrogen (secondary N) is 2. The Balaban J connectivity index is 2.08. The largest absolute Gasteiger partial charge is 0.346 e. The Morgan fingerprint density at radius 3 is 3.00 bits per heavy atom. The van der Waals surface area contributed by atoms with Crippen LogP contribution in [0, 0.1) is 5.53 Å². The lowest BCUT2D eigenvalue weighted by Crippen LogP contribution is -2.43. The van der Waals surface area contributed by atoms with E-state index in [-0.39, 0.29) is 0 Å². The van der Waals surface area contributed by atoms with Crippen LogP contribution < -0.4 is 16.0 Å². The van der Waals surface area contributed by atoms with Crippen molar-refractivity contribution in [2.75, 3.05) is 31.1 Å². The maximum absolute atomic E-state index is 6.86. The van der Waals surface area contributed by atoms with Gasteiger partial charge < -0.3 is 16.0 Å². The molecule has 15 heavy (non-hydrogen) atoms. The Labute approximate surface area is 92.0 Å². The minimum absolute atomic E-state index is 0.556. The summed E-state index contributed by atoms with van der Waals surface area (Å²) in [5, 5.41) is 7.55. The topological polar surface area (TPSA) is 90.4 Å². The summed E-state index contributed by atoms with van der Waals surface area (Å²) in [7, 11) is 0. The molecule has 0 bridgehead atoms. The van der Waals surface area contributed by atoms with Gasteiger partial charge in [-0.2, -0.15) is 5.11 Å². The van der Waals surface area contributed by atoms with Crippen molar-refractivity contribution in [3.05, 3.63) is 11.1 Å². The number of anilines is 1. The molecule has 0 saturated carbocycles. The molecule has 0 spiro atoms. The van der Waals surface area contributed by atoms with E-state index in [4.69, 9.17) is 11.3 Å². The number of rotatable bonds is 3. The summed E-state index contributed by atoms with van der Waals surface area (Å²) in [6, 6.07) is 0. The number of hydrogen-bond donors (Lipinski definition) is 3. The summed E-state index contributed by atoms with van der Waals surface area (Å²) < 4.78 is 0. The van der Waals surface area contributed by atoms with Gasteiger partial charge in [-0.25, -0.2) is 10.5 Å². The highest BCUT2D eigenvalue weighted by Gasteiger charge is 2.15. The molecule has 0 aliphatic carbocycles. The Morgan fingerprint density at radius 2 is 2.33 bits per heavy atom. The summed E-state index contributed by atoms with van der Waals surface area (Å²) in [5.41, 5.74) is 12.5. The standard InChI is InChI=1S/C8H14N6S/c9-7(13-10)6-5-12-8(15-6)14-3-1-11-2-4-14/h5,7,10-11H,1-4,9H2. The van der Waals surface area contributed by atoms with Gasteiger partial charge in [-0.15, -0.1) is 0 Å². The van der Waals surface area contributed by atoms with Gasteiger partial charge in [0.2, 0.25) is 0 Å². The molecule has 1 aliphatic rings. The Morgan fingerprint density at radius 1 is 1.60 bits per heavy atom. The first kappa shape index (κ1) is 10.5. The van der Waals surface area contributed by atoms with Crippen LogP contribution >= 0.6 is 11.3 Å². The van der Waals surface area contributed by atoms with E-state index < -0.39 is 6.17 Å². The van der Waals surface area contributed by atoms with Crippen LogP contribution in [0.4, 0.5) is 5.13 Å². The third-order valence-corrected chi connectivity index (χ3v) is 3.46. The van der Waals surface area contributed by atoms with Crippen molar-refractivity contribution in [1.82, 2.24) is 10.3 Å². The van der Waals surface area contributed by atoms with Crippen LogP contribution in [0.5, 0.6) is 0 Å². The molecule has 2 rings (SSSR count). The molecular formula is C8H14N6S. The summed E-state index contributed by atoms with van der Waals surface area (Å²) in [6.07, 6.45) is 1.16. The summed E-state index contributed by atoms with van der Waals surface area (Å²) in [6.45, 7) is 3.92. The van der Waals surface area contributed by atoms with Gasteiger partial charge in [0.05, 0.1) is 4.88 Å². The predicted molar refractivity (Wildman–Crippen MR) is 59.3 cm³/mol. The average molecular weight is 226 g/mol. The zero-order valence-corrected chi connectivity index (χ0v) is 9.13. The molecule has 7 heteroatoms. The fourth-order valence-electron chi connectivity index (χ4n) is 1.48. The molecule has 1 aromatic rings. The Kier molecular flexibility index (Phi) is 3.24. The maximum Gasteiger partial charge on any atom is 0.185 e. The van der Waals surface area contributed by atoms with Crippen molar-refractivity contribution in [2.45, 2.75) is 6.17 Å². The smallest absolute Gasteiger partial charge is 0.185 e. The fraction of sp³-hybridized carbons (Fsp3) is 0.625. The molecule has 1 aromatic heterocycles.